The standard InChI is InChI=1S/C18H15F3N6O2S/c1-9(30-16-11-6-24-26(2)15(11)22-8-23-16)17(29)27-7-14(28)25-12-5-10(18(19,20)21)3-4-13(12)27/h3-6,8-9H,7H2,1-2H3,(H,25,28)/t9-/m1/s1. The van der Waals surface area contributed by atoms with E-state index in [1.54, 1.807) is 24.9 Å². The fourth-order valence-electron chi connectivity index (χ4n) is 3.13. The summed E-state index contributed by atoms with van der Waals surface area (Å²) >= 11 is 1.16. The zero-order valence-corrected chi connectivity index (χ0v) is 16.6. The maximum Gasteiger partial charge on any atom is 0.416 e. The number of thioether (sulfide) groups is 1. The largest absolute Gasteiger partial charge is 0.416 e. The highest BCUT2D eigenvalue weighted by molar-refractivity contribution is 8.00. The van der Waals surface area contributed by atoms with Crippen LogP contribution in [0.3, 0.4) is 0 Å². The second-order valence-corrected chi connectivity index (χ2v) is 7.98. The lowest BCUT2D eigenvalue weighted by atomic mass is 10.1. The Morgan fingerprint density at radius 1 is 1.30 bits per heavy atom. The second-order valence-electron chi connectivity index (χ2n) is 6.65. The summed E-state index contributed by atoms with van der Waals surface area (Å²) in [6.45, 7) is 1.36. The molecule has 0 aliphatic carbocycles. The molecule has 156 valence electrons. The first kappa shape index (κ1) is 20.1. The molecule has 3 heterocycles. The minimum atomic E-state index is -4.56. The van der Waals surface area contributed by atoms with E-state index in [1.165, 1.54) is 17.3 Å². The summed E-state index contributed by atoms with van der Waals surface area (Å²) in [5, 5.41) is 7.09. The Labute approximate surface area is 172 Å². The number of fused-ring (bicyclic) bond motifs is 2. The maximum atomic E-state index is 13.1. The first-order valence-corrected chi connectivity index (χ1v) is 9.65. The number of halogens is 3. The van der Waals surface area contributed by atoms with Crippen molar-refractivity contribution in [1.82, 2.24) is 19.7 Å². The molecule has 1 aliphatic heterocycles. The van der Waals surface area contributed by atoms with Gasteiger partial charge < -0.3 is 5.32 Å². The number of carbonyl (C=O) groups is 2. The summed E-state index contributed by atoms with van der Waals surface area (Å²) in [4.78, 5) is 34.7. The van der Waals surface area contributed by atoms with Gasteiger partial charge in [-0.05, 0) is 25.1 Å². The molecule has 1 atom stereocenters. The van der Waals surface area contributed by atoms with E-state index in [0.29, 0.717) is 16.1 Å². The molecule has 2 amide bonds. The molecule has 1 aromatic carbocycles. The van der Waals surface area contributed by atoms with Gasteiger partial charge in [-0.1, -0.05) is 11.8 Å². The van der Waals surface area contributed by atoms with Crippen LogP contribution in [0.15, 0.2) is 35.7 Å². The topological polar surface area (TPSA) is 93.0 Å². The summed E-state index contributed by atoms with van der Waals surface area (Å²) in [6.07, 6.45) is -1.60. The van der Waals surface area contributed by atoms with Crippen LogP contribution in [-0.2, 0) is 22.8 Å². The van der Waals surface area contributed by atoms with Crippen LogP contribution in [0.1, 0.15) is 12.5 Å². The Kier molecular flexibility index (Phi) is 4.88. The van der Waals surface area contributed by atoms with E-state index in [-0.39, 0.29) is 17.9 Å². The molecule has 2 aromatic heterocycles. The Morgan fingerprint density at radius 3 is 2.80 bits per heavy atom. The Morgan fingerprint density at radius 2 is 2.07 bits per heavy atom. The number of amides is 2. The molecule has 1 N–H and O–H groups in total. The molecule has 0 saturated carbocycles. The summed E-state index contributed by atoms with van der Waals surface area (Å²) in [5.74, 6) is -0.990. The van der Waals surface area contributed by atoms with Gasteiger partial charge in [-0.2, -0.15) is 18.3 Å². The van der Waals surface area contributed by atoms with Gasteiger partial charge in [0.1, 0.15) is 17.9 Å². The molecular weight excluding hydrogens is 421 g/mol. The van der Waals surface area contributed by atoms with Gasteiger partial charge in [0.05, 0.1) is 33.8 Å². The normalized spacial score (nSPS) is 15.1. The number of hydrogen-bond acceptors (Lipinski definition) is 6. The Bertz CT molecular complexity index is 1160. The third-order valence-corrected chi connectivity index (χ3v) is 5.69. The van der Waals surface area contributed by atoms with Crippen LogP contribution >= 0.6 is 11.8 Å². The van der Waals surface area contributed by atoms with Crippen molar-refractivity contribution in [2.75, 3.05) is 16.8 Å². The molecular formula is C18H15F3N6O2S. The van der Waals surface area contributed by atoms with E-state index in [2.05, 4.69) is 20.4 Å². The van der Waals surface area contributed by atoms with E-state index in [1.807, 2.05) is 0 Å². The van der Waals surface area contributed by atoms with Crippen molar-refractivity contribution in [1.29, 1.82) is 0 Å². The summed E-state index contributed by atoms with van der Waals surface area (Å²) in [5.41, 5.74) is -0.134. The van der Waals surface area contributed by atoms with Gasteiger partial charge in [0.2, 0.25) is 11.8 Å². The van der Waals surface area contributed by atoms with Crippen molar-refractivity contribution in [2.45, 2.75) is 23.4 Å². The summed E-state index contributed by atoms with van der Waals surface area (Å²) < 4.78 is 40.6. The van der Waals surface area contributed by atoms with Gasteiger partial charge in [0, 0.05) is 7.05 Å². The van der Waals surface area contributed by atoms with Crippen molar-refractivity contribution in [3.8, 4) is 0 Å². The molecule has 8 nitrogen and oxygen atoms in total. The average Bonchev–Trinajstić information content (AvgIpc) is 3.07. The number of hydrogen-bond donors (Lipinski definition) is 1. The van der Waals surface area contributed by atoms with Gasteiger partial charge in [-0.3, -0.25) is 19.2 Å². The molecule has 0 fully saturated rings. The van der Waals surface area contributed by atoms with Gasteiger partial charge in [-0.25, -0.2) is 9.97 Å². The van der Waals surface area contributed by atoms with Crippen molar-refractivity contribution < 1.29 is 22.8 Å². The summed E-state index contributed by atoms with van der Waals surface area (Å²) in [6, 6.07) is 2.91. The number of nitrogens with zero attached hydrogens (tertiary/aromatic N) is 5. The van der Waals surface area contributed by atoms with Gasteiger partial charge in [0.25, 0.3) is 0 Å². The number of aryl methyl sites for hydroxylation is 1. The number of alkyl halides is 3. The van der Waals surface area contributed by atoms with Crippen LogP contribution in [0, 0.1) is 0 Å². The molecule has 0 saturated heterocycles. The minimum Gasteiger partial charge on any atom is -0.323 e. The first-order chi connectivity index (χ1) is 14.1. The first-order valence-electron chi connectivity index (χ1n) is 8.77. The van der Waals surface area contributed by atoms with Crippen LogP contribution in [-0.4, -0.2) is 43.4 Å². The van der Waals surface area contributed by atoms with Crippen molar-refractivity contribution in [2.24, 2.45) is 7.05 Å². The fraction of sp³-hybridized carbons (Fsp3) is 0.278. The Balaban J connectivity index is 1.62. The molecule has 1 aliphatic rings. The predicted octanol–water partition coefficient (Wildman–Crippen LogP) is 2.85. The Hall–Kier alpha value is -3.15. The van der Waals surface area contributed by atoms with E-state index in [9.17, 15) is 22.8 Å². The SMILES string of the molecule is C[C@@H](Sc1ncnc2c1cnn2C)C(=O)N1CC(=O)Nc2cc(C(F)(F)F)ccc21. The van der Waals surface area contributed by atoms with Gasteiger partial charge in [0.15, 0.2) is 5.65 Å². The predicted molar refractivity (Wildman–Crippen MR) is 104 cm³/mol. The van der Waals surface area contributed by atoms with E-state index < -0.39 is 28.8 Å². The molecule has 0 bridgehead atoms. The van der Waals surface area contributed by atoms with Crippen molar-refractivity contribution in [3.05, 3.63) is 36.3 Å². The van der Waals surface area contributed by atoms with Crippen molar-refractivity contribution >= 4 is 46.0 Å². The molecule has 12 heteroatoms. The molecule has 3 aromatic rings. The van der Waals surface area contributed by atoms with E-state index in [0.717, 1.165) is 23.9 Å². The lowest BCUT2D eigenvalue weighted by molar-refractivity contribution is -0.137. The monoisotopic (exact) mass is 436 g/mol. The van der Waals surface area contributed by atoms with Crippen LogP contribution in [0.25, 0.3) is 11.0 Å². The van der Waals surface area contributed by atoms with Crippen LogP contribution in [0.5, 0.6) is 0 Å². The molecule has 0 spiro atoms. The minimum absolute atomic E-state index is 0.0525. The van der Waals surface area contributed by atoms with Gasteiger partial charge >= 0.3 is 6.18 Å². The molecule has 0 unspecified atom stereocenters. The lowest BCUT2D eigenvalue weighted by Crippen LogP contribution is -2.45. The molecule has 30 heavy (non-hydrogen) atoms. The number of aromatic nitrogens is 4. The van der Waals surface area contributed by atoms with Crippen molar-refractivity contribution in [3.63, 3.8) is 0 Å². The average molecular weight is 436 g/mol. The quantitative estimate of drug-likeness (QED) is 0.501. The lowest BCUT2D eigenvalue weighted by Gasteiger charge is -2.31. The summed E-state index contributed by atoms with van der Waals surface area (Å²) in [7, 11) is 1.73. The number of anilines is 2. The zero-order valence-electron chi connectivity index (χ0n) is 15.8. The van der Waals surface area contributed by atoms with E-state index >= 15 is 0 Å². The highest BCUT2D eigenvalue weighted by Gasteiger charge is 2.35. The fourth-order valence-corrected chi connectivity index (χ4v) is 4.08. The number of carbonyl (C=O) groups excluding carboxylic acids is 2. The zero-order chi connectivity index (χ0) is 21.6. The number of rotatable bonds is 3. The second kappa shape index (κ2) is 7.27. The highest BCUT2D eigenvalue weighted by Crippen LogP contribution is 2.38. The van der Waals surface area contributed by atoms with Gasteiger partial charge in [-0.15, -0.1) is 0 Å². The number of nitrogens with one attached hydrogen (secondary N) is 1. The number of benzene rings is 1. The van der Waals surface area contributed by atoms with E-state index in [4.69, 9.17) is 0 Å². The maximum absolute atomic E-state index is 13.1. The molecule has 4 rings (SSSR count). The third kappa shape index (κ3) is 3.58. The third-order valence-electron chi connectivity index (χ3n) is 4.59. The van der Waals surface area contributed by atoms with Crippen LogP contribution < -0.4 is 10.2 Å². The van der Waals surface area contributed by atoms with Crippen LogP contribution in [0.4, 0.5) is 24.5 Å². The molecule has 0 radical (unpaired) electrons. The highest BCUT2D eigenvalue weighted by atomic mass is 32.2. The smallest absolute Gasteiger partial charge is 0.323 e. The van der Waals surface area contributed by atoms with Crippen LogP contribution in [0.2, 0.25) is 0 Å².